The van der Waals surface area contributed by atoms with Gasteiger partial charge in [-0.25, -0.2) is 4.79 Å². The van der Waals surface area contributed by atoms with Crippen molar-refractivity contribution in [3.63, 3.8) is 0 Å². The van der Waals surface area contributed by atoms with Gasteiger partial charge in [0.15, 0.2) is 11.5 Å². The summed E-state index contributed by atoms with van der Waals surface area (Å²) in [5.74, 6) is -0.508. The van der Waals surface area contributed by atoms with E-state index in [1.807, 2.05) is 0 Å². The van der Waals surface area contributed by atoms with Crippen molar-refractivity contribution in [1.29, 1.82) is 0 Å². The number of carbonyl (C=O) groups is 1. The molecule has 2 N–H and O–H groups in total. The Morgan fingerprint density at radius 2 is 2.05 bits per heavy atom. The van der Waals surface area contributed by atoms with Crippen LogP contribution >= 0.6 is 0 Å². The van der Waals surface area contributed by atoms with Gasteiger partial charge in [0.25, 0.3) is 0 Å². The molecule has 1 rings (SSSR count). The van der Waals surface area contributed by atoms with E-state index in [9.17, 15) is 4.79 Å². The number of benzene rings is 1. The molecule has 0 saturated heterocycles. The third-order valence-electron chi connectivity index (χ3n) is 2.27. The van der Waals surface area contributed by atoms with E-state index in [0.717, 1.165) is 12.5 Å². The van der Waals surface area contributed by atoms with E-state index in [1.54, 1.807) is 0 Å². The summed E-state index contributed by atoms with van der Waals surface area (Å²) in [4.78, 5) is 13.5. The Morgan fingerprint density at radius 1 is 1.40 bits per heavy atom. The number of rotatable bonds is 4. The Labute approximate surface area is 117 Å². The maximum atomic E-state index is 10.9. The highest BCUT2D eigenvalue weighted by Crippen LogP contribution is 2.24. The van der Waals surface area contributed by atoms with Crippen LogP contribution < -0.4 is 0 Å². The topological polar surface area (TPSA) is 116 Å². The first-order chi connectivity index (χ1) is 9.42. The molecule has 0 unspecified atom stereocenters. The fraction of sp³-hybridized carbons (Fsp3) is 0.462. The van der Waals surface area contributed by atoms with E-state index in [0.29, 0.717) is 12.5 Å². The van der Waals surface area contributed by atoms with Gasteiger partial charge in [0, 0.05) is 11.5 Å². The normalized spacial score (nSPS) is 9.20. The SMILES string of the molecule is CC(C)CCN=[N+]=[N-].COC(=O)c1ccc(O)c(O)c1. The smallest absolute Gasteiger partial charge is 0.337 e. The molecule has 0 aliphatic rings. The second-order valence-electron chi connectivity index (χ2n) is 4.33. The highest BCUT2D eigenvalue weighted by atomic mass is 16.5. The van der Waals surface area contributed by atoms with Crippen molar-refractivity contribution in [2.75, 3.05) is 13.7 Å². The van der Waals surface area contributed by atoms with Gasteiger partial charge in [-0.2, -0.15) is 0 Å². The van der Waals surface area contributed by atoms with Crippen LogP contribution in [0.2, 0.25) is 0 Å². The second-order valence-corrected chi connectivity index (χ2v) is 4.33. The van der Waals surface area contributed by atoms with Crippen LogP contribution in [0.4, 0.5) is 0 Å². The first-order valence-electron chi connectivity index (χ1n) is 6.03. The number of ether oxygens (including phenoxy) is 1. The number of hydrogen-bond acceptors (Lipinski definition) is 5. The summed E-state index contributed by atoms with van der Waals surface area (Å²) in [7, 11) is 1.24. The summed E-state index contributed by atoms with van der Waals surface area (Å²) in [5.41, 5.74) is 8.04. The van der Waals surface area contributed by atoms with Crippen molar-refractivity contribution in [2.45, 2.75) is 20.3 Å². The Kier molecular flexibility index (Phi) is 8.38. The molecule has 0 bridgehead atoms. The lowest BCUT2D eigenvalue weighted by Crippen LogP contribution is -2.00. The molecule has 0 fully saturated rings. The number of esters is 1. The third-order valence-corrected chi connectivity index (χ3v) is 2.27. The zero-order valence-electron chi connectivity index (χ0n) is 11.8. The average molecular weight is 281 g/mol. The van der Waals surface area contributed by atoms with Crippen molar-refractivity contribution in [1.82, 2.24) is 0 Å². The molecule has 1 aromatic rings. The molecule has 0 radical (unpaired) electrons. The fourth-order valence-corrected chi connectivity index (χ4v) is 1.13. The van der Waals surface area contributed by atoms with Gasteiger partial charge in [-0.05, 0) is 36.1 Å². The molecule has 20 heavy (non-hydrogen) atoms. The van der Waals surface area contributed by atoms with E-state index in [4.69, 9.17) is 15.7 Å². The Balaban J connectivity index is 0.000000396. The highest BCUT2D eigenvalue weighted by Gasteiger charge is 2.07. The lowest BCUT2D eigenvalue weighted by molar-refractivity contribution is 0.0600. The lowest BCUT2D eigenvalue weighted by Gasteiger charge is -2.00. The molecule has 0 atom stereocenters. The molecule has 110 valence electrons. The van der Waals surface area contributed by atoms with E-state index < -0.39 is 5.97 Å². The van der Waals surface area contributed by atoms with Gasteiger partial charge in [0.05, 0.1) is 12.7 Å². The predicted molar refractivity (Wildman–Crippen MR) is 74.6 cm³/mol. The lowest BCUT2D eigenvalue weighted by atomic mass is 10.1. The number of carbonyl (C=O) groups excluding carboxylic acids is 1. The van der Waals surface area contributed by atoms with Gasteiger partial charge >= 0.3 is 5.97 Å². The van der Waals surface area contributed by atoms with Crippen LogP contribution in [0.15, 0.2) is 23.3 Å². The summed E-state index contributed by atoms with van der Waals surface area (Å²) < 4.78 is 4.40. The molecular formula is C13H19N3O4. The van der Waals surface area contributed by atoms with E-state index in [-0.39, 0.29) is 17.1 Å². The van der Waals surface area contributed by atoms with Crippen LogP contribution in [0.1, 0.15) is 30.6 Å². The number of phenols is 2. The van der Waals surface area contributed by atoms with E-state index >= 15 is 0 Å². The number of azide groups is 1. The molecule has 0 saturated carbocycles. The van der Waals surface area contributed by atoms with E-state index in [1.165, 1.54) is 19.2 Å². The summed E-state index contributed by atoms with van der Waals surface area (Å²) in [5, 5.41) is 21.3. The summed E-state index contributed by atoms with van der Waals surface area (Å²) in [6.45, 7) is 4.84. The third kappa shape index (κ3) is 7.13. The molecule has 0 amide bonds. The van der Waals surface area contributed by atoms with Crippen LogP contribution in [-0.2, 0) is 4.74 Å². The zero-order valence-corrected chi connectivity index (χ0v) is 11.8. The molecule has 0 heterocycles. The zero-order chi connectivity index (χ0) is 15.5. The highest BCUT2D eigenvalue weighted by molar-refractivity contribution is 5.90. The summed E-state index contributed by atoms with van der Waals surface area (Å²) >= 11 is 0. The Bertz CT molecular complexity index is 483. The molecule has 0 aliphatic heterocycles. The second kappa shape index (κ2) is 9.52. The molecule has 7 nitrogen and oxygen atoms in total. The first kappa shape index (κ1) is 17.6. The van der Waals surface area contributed by atoms with Gasteiger partial charge in [-0.1, -0.05) is 19.0 Å². The van der Waals surface area contributed by atoms with Gasteiger partial charge in [-0.15, -0.1) is 0 Å². The summed E-state index contributed by atoms with van der Waals surface area (Å²) in [6, 6.07) is 3.73. The summed E-state index contributed by atoms with van der Waals surface area (Å²) in [6.07, 6.45) is 0.990. The average Bonchev–Trinajstić information content (AvgIpc) is 2.41. The minimum absolute atomic E-state index is 0.202. The van der Waals surface area contributed by atoms with Crippen LogP contribution in [0.3, 0.4) is 0 Å². The standard InChI is InChI=1S/C8H8O4.C5H11N3/c1-12-8(11)5-2-3-6(9)7(10)4-5;1-5(2)3-4-7-8-6/h2-4,9-10H,1H3;5H,3-4H2,1-2H3. The molecule has 0 aromatic heterocycles. The minimum atomic E-state index is -0.551. The van der Waals surface area contributed by atoms with Gasteiger partial charge < -0.3 is 14.9 Å². The van der Waals surface area contributed by atoms with Crippen molar-refractivity contribution in [2.24, 2.45) is 11.0 Å². The largest absolute Gasteiger partial charge is 0.504 e. The van der Waals surface area contributed by atoms with Gasteiger partial charge in [-0.3, -0.25) is 0 Å². The molecule has 0 spiro atoms. The van der Waals surface area contributed by atoms with Crippen molar-refractivity contribution in [3.05, 3.63) is 34.2 Å². The van der Waals surface area contributed by atoms with Crippen molar-refractivity contribution >= 4 is 5.97 Å². The maximum absolute atomic E-state index is 10.9. The fourth-order valence-electron chi connectivity index (χ4n) is 1.13. The van der Waals surface area contributed by atoms with Crippen molar-refractivity contribution < 1.29 is 19.7 Å². The number of hydrogen-bond donors (Lipinski definition) is 2. The quantitative estimate of drug-likeness (QED) is 0.290. The Morgan fingerprint density at radius 3 is 2.50 bits per heavy atom. The maximum Gasteiger partial charge on any atom is 0.337 e. The van der Waals surface area contributed by atoms with Gasteiger partial charge in [0.2, 0.25) is 0 Å². The predicted octanol–water partition coefficient (Wildman–Crippen LogP) is 3.23. The number of phenolic OH excluding ortho intramolecular Hbond substituents is 2. The number of methoxy groups -OCH3 is 1. The minimum Gasteiger partial charge on any atom is -0.504 e. The first-order valence-corrected chi connectivity index (χ1v) is 6.03. The molecular weight excluding hydrogens is 262 g/mol. The van der Waals surface area contributed by atoms with Crippen LogP contribution in [0, 0.1) is 5.92 Å². The number of aromatic hydroxyl groups is 2. The van der Waals surface area contributed by atoms with Crippen LogP contribution in [-0.4, -0.2) is 29.8 Å². The van der Waals surface area contributed by atoms with E-state index in [2.05, 4.69) is 28.6 Å². The molecule has 7 heteroatoms. The molecule has 0 aliphatic carbocycles. The van der Waals surface area contributed by atoms with Crippen LogP contribution in [0.5, 0.6) is 11.5 Å². The number of nitrogens with zero attached hydrogens (tertiary/aromatic N) is 3. The monoisotopic (exact) mass is 281 g/mol. The van der Waals surface area contributed by atoms with Crippen molar-refractivity contribution in [3.8, 4) is 11.5 Å². The van der Waals surface area contributed by atoms with Crippen LogP contribution in [0.25, 0.3) is 10.4 Å². The molecule has 1 aromatic carbocycles. The Hall–Kier alpha value is -2.40. The van der Waals surface area contributed by atoms with Gasteiger partial charge in [0.1, 0.15) is 0 Å².